The Morgan fingerprint density at radius 3 is 2.65 bits per heavy atom. The van der Waals surface area contributed by atoms with Crippen molar-refractivity contribution in [2.75, 3.05) is 0 Å². The van der Waals surface area contributed by atoms with E-state index in [1.54, 1.807) is 24.3 Å². The first kappa shape index (κ1) is 14.6. The molecule has 1 aliphatic rings. The van der Waals surface area contributed by atoms with Crippen molar-refractivity contribution in [3.05, 3.63) is 24.2 Å². The average Bonchev–Trinajstić information content (AvgIpc) is 2.88. The normalized spacial score (nSPS) is 27.1. The highest BCUT2D eigenvalue weighted by molar-refractivity contribution is 5.99. The number of amides is 2. The highest BCUT2D eigenvalue weighted by atomic mass is 16.3. The van der Waals surface area contributed by atoms with Crippen LogP contribution in [0.3, 0.4) is 0 Å². The van der Waals surface area contributed by atoms with Crippen molar-refractivity contribution in [2.24, 2.45) is 5.92 Å². The van der Waals surface area contributed by atoms with E-state index in [9.17, 15) is 9.59 Å². The molecule has 2 unspecified atom stereocenters. The lowest BCUT2D eigenvalue weighted by Gasteiger charge is -2.45. The summed E-state index contributed by atoms with van der Waals surface area (Å²) < 4.78 is 5.05. The third kappa shape index (κ3) is 2.44. The fourth-order valence-electron chi connectivity index (χ4n) is 2.64. The van der Waals surface area contributed by atoms with Gasteiger partial charge in [0.25, 0.3) is 0 Å². The molecule has 2 rings (SSSR count). The molecule has 0 radical (unpaired) electrons. The molecular weight excluding hydrogens is 256 g/mol. The van der Waals surface area contributed by atoms with Crippen molar-refractivity contribution in [2.45, 2.75) is 52.2 Å². The first-order valence-corrected chi connectivity index (χ1v) is 7.03. The Morgan fingerprint density at radius 2 is 2.15 bits per heavy atom. The number of carbonyl (C=O) groups is 2. The van der Waals surface area contributed by atoms with E-state index in [0.29, 0.717) is 13.0 Å². The molecule has 1 aromatic heterocycles. The predicted octanol–water partition coefficient (Wildman–Crippen LogP) is 1.93. The molecule has 0 bridgehead atoms. The van der Waals surface area contributed by atoms with Crippen molar-refractivity contribution in [1.82, 2.24) is 10.2 Å². The van der Waals surface area contributed by atoms with E-state index in [1.165, 1.54) is 0 Å². The second kappa shape index (κ2) is 5.31. The van der Waals surface area contributed by atoms with E-state index >= 15 is 0 Å². The van der Waals surface area contributed by atoms with E-state index in [1.807, 2.05) is 26.8 Å². The third-order valence-corrected chi connectivity index (χ3v) is 4.01. The van der Waals surface area contributed by atoms with Crippen LogP contribution in [0.4, 0.5) is 0 Å². The minimum atomic E-state index is -0.813. The largest absolute Gasteiger partial charge is 0.472 e. The quantitative estimate of drug-likeness (QED) is 0.915. The van der Waals surface area contributed by atoms with Gasteiger partial charge < -0.3 is 14.6 Å². The number of carbonyl (C=O) groups excluding carboxylic acids is 2. The molecule has 1 fully saturated rings. The van der Waals surface area contributed by atoms with E-state index in [2.05, 4.69) is 5.32 Å². The fraction of sp³-hybridized carbons (Fsp3) is 0.600. The van der Waals surface area contributed by atoms with E-state index in [0.717, 1.165) is 5.56 Å². The summed E-state index contributed by atoms with van der Waals surface area (Å²) in [4.78, 5) is 26.8. The number of hydrogen-bond acceptors (Lipinski definition) is 3. The van der Waals surface area contributed by atoms with Gasteiger partial charge in [0.2, 0.25) is 11.8 Å². The van der Waals surface area contributed by atoms with Gasteiger partial charge in [-0.05, 0) is 25.3 Å². The zero-order chi connectivity index (χ0) is 14.9. The topological polar surface area (TPSA) is 62.6 Å². The van der Waals surface area contributed by atoms with Gasteiger partial charge in [0, 0.05) is 12.1 Å². The molecule has 1 aromatic rings. The fourth-order valence-corrected chi connectivity index (χ4v) is 2.64. The second-order valence-electron chi connectivity index (χ2n) is 5.93. The first-order chi connectivity index (χ1) is 9.39. The Kier molecular flexibility index (Phi) is 3.88. The maximum atomic E-state index is 12.7. The molecule has 5 nitrogen and oxygen atoms in total. The number of piperazine rings is 1. The van der Waals surface area contributed by atoms with Crippen LogP contribution in [-0.4, -0.2) is 28.3 Å². The lowest BCUT2D eigenvalue weighted by molar-refractivity contribution is -0.157. The van der Waals surface area contributed by atoms with Gasteiger partial charge in [0.15, 0.2) is 0 Å². The molecule has 1 aliphatic heterocycles. The number of nitrogens with zero attached hydrogens (tertiary/aromatic N) is 1. The highest BCUT2D eigenvalue weighted by Crippen LogP contribution is 2.26. The van der Waals surface area contributed by atoms with Gasteiger partial charge in [-0.25, -0.2) is 0 Å². The smallest absolute Gasteiger partial charge is 0.249 e. The van der Waals surface area contributed by atoms with Crippen LogP contribution in [0.1, 0.15) is 39.7 Å². The summed E-state index contributed by atoms with van der Waals surface area (Å²) in [5.41, 5.74) is 0.0869. The summed E-state index contributed by atoms with van der Waals surface area (Å²) in [7, 11) is 0. The molecule has 0 spiro atoms. The zero-order valence-corrected chi connectivity index (χ0v) is 12.5. The van der Waals surface area contributed by atoms with Crippen LogP contribution in [0.15, 0.2) is 23.0 Å². The average molecular weight is 278 g/mol. The molecule has 2 amide bonds. The van der Waals surface area contributed by atoms with Crippen molar-refractivity contribution in [3.63, 3.8) is 0 Å². The maximum absolute atomic E-state index is 12.7. The number of hydrogen-bond donors (Lipinski definition) is 1. The monoisotopic (exact) mass is 278 g/mol. The van der Waals surface area contributed by atoms with Crippen molar-refractivity contribution in [1.29, 1.82) is 0 Å². The van der Waals surface area contributed by atoms with E-state index in [-0.39, 0.29) is 17.7 Å². The Hall–Kier alpha value is -1.78. The van der Waals surface area contributed by atoms with Crippen molar-refractivity contribution < 1.29 is 14.0 Å². The van der Waals surface area contributed by atoms with Crippen LogP contribution in [0, 0.1) is 5.92 Å². The predicted molar refractivity (Wildman–Crippen MR) is 74.7 cm³/mol. The number of nitrogens with one attached hydrogen (secondary N) is 1. The van der Waals surface area contributed by atoms with Gasteiger partial charge >= 0.3 is 0 Å². The van der Waals surface area contributed by atoms with Gasteiger partial charge in [-0.1, -0.05) is 20.8 Å². The number of furan rings is 1. The second-order valence-corrected chi connectivity index (χ2v) is 5.93. The van der Waals surface area contributed by atoms with Gasteiger partial charge in [-0.15, -0.1) is 0 Å². The highest BCUT2D eigenvalue weighted by Gasteiger charge is 2.47. The van der Waals surface area contributed by atoms with Crippen LogP contribution >= 0.6 is 0 Å². The molecule has 2 heterocycles. The molecule has 2 atom stereocenters. The lowest BCUT2D eigenvalue weighted by Crippen LogP contribution is -2.69. The Labute approximate surface area is 119 Å². The van der Waals surface area contributed by atoms with Crippen molar-refractivity contribution in [3.8, 4) is 0 Å². The Bertz CT molecular complexity index is 495. The van der Waals surface area contributed by atoms with Crippen LogP contribution in [-0.2, 0) is 16.1 Å². The summed E-state index contributed by atoms with van der Waals surface area (Å²) >= 11 is 0. The van der Waals surface area contributed by atoms with Gasteiger partial charge in [0.05, 0.1) is 12.5 Å². The molecule has 20 heavy (non-hydrogen) atoms. The molecule has 0 aromatic carbocycles. The molecule has 1 N–H and O–H groups in total. The summed E-state index contributed by atoms with van der Waals surface area (Å²) in [5, 5.41) is 2.88. The third-order valence-electron chi connectivity index (χ3n) is 4.01. The summed E-state index contributed by atoms with van der Waals surface area (Å²) in [5.74, 6) is -0.0424. The SMILES string of the molecule is CCC1(C)NC(=O)C(C(C)C)N(Cc2ccoc2)C1=O. The molecule has 110 valence electrons. The minimum Gasteiger partial charge on any atom is -0.472 e. The van der Waals surface area contributed by atoms with Crippen LogP contribution in [0.2, 0.25) is 0 Å². The van der Waals surface area contributed by atoms with Crippen molar-refractivity contribution >= 4 is 11.8 Å². The Balaban J connectivity index is 2.34. The van der Waals surface area contributed by atoms with Crippen LogP contribution in [0.5, 0.6) is 0 Å². The Morgan fingerprint density at radius 1 is 1.45 bits per heavy atom. The van der Waals surface area contributed by atoms with Gasteiger partial charge in [-0.2, -0.15) is 0 Å². The zero-order valence-electron chi connectivity index (χ0n) is 12.5. The summed E-state index contributed by atoms with van der Waals surface area (Å²) in [6.07, 6.45) is 3.76. The van der Waals surface area contributed by atoms with E-state index in [4.69, 9.17) is 4.42 Å². The number of rotatable bonds is 4. The first-order valence-electron chi connectivity index (χ1n) is 7.03. The molecule has 1 saturated heterocycles. The lowest BCUT2D eigenvalue weighted by atomic mass is 9.88. The summed E-state index contributed by atoms with van der Waals surface area (Å²) in [6, 6.07) is 1.39. The van der Waals surface area contributed by atoms with Crippen LogP contribution < -0.4 is 5.32 Å². The minimum absolute atomic E-state index is 0.0282. The molecule has 0 aliphatic carbocycles. The standard InChI is InChI=1S/C15H22N2O3/c1-5-15(4)14(19)17(8-11-6-7-20-9-11)12(10(2)3)13(18)16-15/h6-7,9-10,12H,5,8H2,1-4H3,(H,16,18). The van der Waals surface area contributed by atoms with Crippen LogP contribution in [0.25, 0.3) is 0 Å². The molecule has 0 saturated carbocycles. The van der Waals surface area contributed by atoms with E-state index < -0.39 is 11.6 Å². The molecule has 5 heteroatoms. The molecular formula is C15H22N2O3. The van der Waals surface area contributed by atoms with Gasteiger partial charge in [0.1, 0.15) is 11.6 Å². The summed E-state index contributed by atoms with van der Waals surface area (Å²) in [6.45, 7) is 8.00. The van der Waals surface area contributed by atoms with Gasteiger partial charge in [-0.3, -0.25) is 9.59 Å². The maximum Gasteiger partial charge on any atom is 0.249 e.